The number of aryl methyl sites for hydroxylation is 1. The summed E-state index contributed by atoms with van der Waals surface area (Å²) < 4.78 is 5.01. The van der Waals surface area contributed by atoms with Gasteiger partial charge >= 0.3 is 6.09 Å². The second kappa shape index (κ2) is 9.64. The molecule has 148 valence electrons. The molecule has 2 aromatic carbocycles. The van der Waals surface area contributed by atoms with E-state index in [2.05, 4.69) is 4.98 Å². The molecule has 5 nitrogen and oxygen atoms in total. The number of benzene rings is 2. The van der Waals surface area contributed by atoms with Gasteiger partial charge in [-0.25, -0.2) is 4.79 Å². The molecule has 0 unspecified atom stereocenters. The highest BCUT2D eigenvalue weighted by Crippen LogP contribution is 2.24. The average Bonchev–Trinajstić information content (AvgIpc) is 2.78. The third-order valence-electron chi connectivity index (χ3n) is 4.70. The zero-order valence-electron chi connectivity index (χ0n) is 16.7. The first-order chi connectivity index (χ1) is 14.1. The van der Waals surface area contributed by atoms with Gasteiger partial charge < -0.3 is 4.74 Å². The van der Waals surface area contributed by atoms with E-state index in [9.17, 15) is 9.59 Å². The Kier molecular flexibility index (Phi) is 6.74. The molecule has 0 radical (unpaired) electrons. The van der Waals surface area contributed by atoms with E-state index in [0.29, 0.717) is 25.0 Å². The monoisotopic (exact) mass is 388 g/mol. The van der Waals surface area contributed by atoms with Crippen molar-refractivity contribution in [2.24, 2.45) is 0 Å². The molecule has 1 aromatic heterocycles. The van der Waals surface area contributed by atoms with Crippen molar-refractivity contribution in [3.63, 3.8) is 0 Å². The van der Waals surface area contributed by atoms with Crippen molar-refractivity contribution < 1.29 is 14.3 Å². The van der Waals surface area contributed by atoms with Crippen LogP contribution in [0, 0.1) is 0 Å². The zero-order chi connectivity index (χ0) is 20.6. The molecule has 3 rings (SSSR count). The minimum atomic E-state index is -0.380. The van der Waals surface area contributed by atoms with Crippen molar-refractivity contribution in [1.82, 2.24) is 4.98 Å². The number of anilines is 1. The number of carbonyl (C=O) groups excluding carboxylic acids is 2. The standard InChI is InChI=1S/C24H24N2O3/c1-3-29-24(28)26(2)22-13-11-20(12-14-22)19-7-9-21(10-8-19)23(27)15-6-18-5-4-16-25-17-18/h4-5,7-14,16-17H,3,6,15H2,1-2H3. The van der Waals surface area contributed by atoms with Gasteiger partial charge in [0.15, 0.2) is 5.78 Å². The highest BCUT2D eigenvalue weighted by atomic mass is 16.6. The largest absolute Gasteiger partial charge is 0.449 e. The number of rotatable bonds is 7. The molecule has 0 atom stereocenters. The fraction of sp³-hybridized carbons (Fsp3) is 0.208. The Morgan fingerprint density at radius 3 is 2.21 bits per heavy atom. The number of ether oxygens (including phenoxy) is 1. The number of aromatic nitrogens is 1. The van der Waals surface area contributed by atoms with Crippen LogP contribution in [0.2, 0.25) is 0 Å². The predicted molar refractivity (Wildman–Crippen MR) is 114 cm³/mol. The van der Waals surface area contributed by atoms with Crippen LogP contribution < -0.4 is 4.90 Å². The van der Waals surface area contributed by atoms with Crippen LogP contribution in [0.25, 0.3) is 11.1 Å². The summed E-state index contributed by atoms with van der Waals surface area (Å²) in [6, 6.07) is 19.1. The Balaban J connectivity index is 1.63. The fourth-order valence-electron chi connectivity index (χ4n) is 3.00. The normalized spacial score (nSPS) is 10.4. The number of ketones is 1. The van der Waals surface area contributed by atoms with Crippen LogP contribution in [0.1, 0.15) is 29.3 Å². The molecular formula is C24H24N2O3. The topological polar surface area (TPSA) is 59.5 Å². The first kappa shape index (κ1) is 20.3. The van der Waals surface area contributed by atoms with E-state index >= 15 is 0 Å². The van der Waals surface area contributed by atoms with E-state index in [1.54, 1.807) is 26.4 Å². The van der Waals surface area contributed by atoms with Gasteiger partial charge in [-0.3, -0.25) is 14.7 Å². The van der Waals surface area contributed by atoms with E-state index < -0.39 is 0 Å². The maximum Gasteiger partial charge on any atom is 0.413 e. The van der Waals surface area contributed by atoms with Gasteiger partial charge in [0, 0.05) is 37.1 Å². The quantitative estimate of drug-likeness (QED) is 0.525. The number of Topliss-reactive ketones (excluding diaryl/α,β-unsaturated/α-hetero) is 1. The molecule has 0 aliphatic heterocycles. The Hall–Kier alpha value is -3.47. The molecule has 1 amide bonds. The lowest BCUT2D eigenvalue weighted by molar-refractivity contribution is 0.0982. The molecule has 3 aromatic rings. The van der Waals surface area contributed by atoms with Gasteiger partial charge in [0.2, 0.25) is 0 Å². The molecule has 0 saturated carbocycles. The van der Waals surface area contributed by atoms with Crippen molar-refractivity contribution in [2.45, 2.75) is 19.8 Å². The van der Waals surface area contributed by atoms with Crippen molar-refractivity contribution in [3.8, 4) is 11.1 Å². The van der Waals surface area contributed by atoms with E-state index in [1.165, 1.54) is 4.90 Å². The van der Waals surface area contributed by atoms with E-state index in [-0.39, 0.29) is 11.9 Å². The van der Waals surface area contributed by atoms with Crippen LogP contribution >= 0.6 is 0 Å². The molecule has 5 heteroatoms. The minimum Gasteiger partial charge on any atom is -0.449 e. The van der Waals surface area contributed by atoms with Crippen LogP contribution in [-0.4, -0.2) is 30.5 Å². The lowest BCUT2D eigenvalue weighted by Gasteiger charge is -2.16. The molecule has 0 aliphatic carbocycles. The molecular weight excluding hydrogens is 364 g/mol. The average molecular weight is 388 g/mol. The summed E-state index contributed by atoms with van der Waals surface area (Å²) >= 11 is 0. The van der Waals surface area contributed by atoms with Gasteiger partial charge in [0.05, 0.1) is 6.61 Å². The molecule has 1 heterocycles. The zero-order valence-corrected chi connectivity index (χ0v) is 16.7. The number of hydrogen-bond donors (Lipinski definition) is 0. The molecule has 0 aliphatic rings. The minimum absolute atomic E-state index is 0.117. The van der Waals surface area contributed by atoms with Crippen LogP contribution in [0.4, 0.5) is 10.5 Å². The van der Waals surface area contributed by atoms with Crippen molar-refractivity contribution in [1.29, 1.82) is 0 Å². The fourth-order valence-corrected chi connectivity index (χ4v) is 3.00. The summed E-state index contributed by atoms with van der Waals surface area (Å²) in [5.41, 5.74) is 4.55. The highest BCUT2D eigenvalue weighted by molar-refractivity contribution is 5.96. The van der Waals surface area contributed by atoms with Gasteiger partial charge in [0.1, 0.15) is 0 Å². The van der Waals surface area contributed by atoms with Crippen molar-refractivity contribution in [2.75, 3.05) is 18.6 Å². The third kappa shape index (κ3) is 5.29. The summed E-state index contributed by atoms with van der Waals surface area (Å²) in [5, 5.41) is 0. The highest BCUT2D eigenvalue weighted by Gasteiger charge is 2.12. The molecule has 29 heavy (non-hydrogen) atoms. The first-order valence-electron chi connectivity index (χ1n) is 9.61. The van der Waals surface area contributed by atoms with Crippen LogP contribution in [0.5, 0.6) is 0 Å². The molecule has 0 saturated heterocycles. The second-order valence-electron chi connectivity index (χ2n) is 6.67. The van der Waals surface area contributed by atoms with Gasteiger partial charge in [0.25, 0.3) is 0 Å². The Bertz CT molecular complexity index is 952. The van der Waals surface area contributed by atoms with Gasteiger partial charge in [-0.1, -0.05) is 42.5 Å². The SMILES string of the molecule is CCOC(=O)N(C)c1ccc(-c2ccc(C(=O)CCc3cccnc3)cc2)cc1. The summed E-state index contributed by atoms with van der Waals surface area (Å²) in [4.78, 5) is 29.8. The third-order valence-corrected chi connectivity index (χ3v) is 4.70. The lowest BCUT2D eigenvalue weighted by Crippen LogP contribution is -2.26. The summed E-state index contributed by atoms with van der Waals surface area (Å²) in [7, 11) is 1.68. The summed E-state index contributed by atoms with van der Waals surface area (Å²) in [5.74, 6) is 0.117. The van der Waals surface area contributed by atoms with Gasteiger partial charge in [-0.2, -0.15) is 0 Å². The lowest BCUT2D eigenvalue weighted by atomic mass is 9.99. The van der Waals surface area contributed by atoms with Crippen molar-refractivity contribution in [3.05, 3.63) is 84.2 Å². The summed E-state index contributed by atoms with van der Waals surface area (Å²) in [6.45, 7) is 2.12. The maximum absolute atomic E-state index is 12.4. The molecule has 0 spiro atoms. The van der Waals surface area contributed by atoms with Crippen LogP contribution in [-0.2, 0) is 11.2 Å². The van der Waals surface area contributed by atoms with Gasteiger partial charge in [-0.05, 0) is 48.2 Å². The number of nitrogens with zero attached hydrogens (tertiary/aromatic N) is 2. The number of pyridine rings is 1. The smallest absolute Gasteiger partial charge is 0.413 e. The number of amides is 1. The van der Waals surface area contributed by atoms with Crippen molar-refractivity contribution >= 4 is 17.6 Å². The number of carbonyl (C=O) groups is 2. The maximum atomic E-state index is 12.4. The Morgan fingerprint density at radius 1 is 0.966 bits per heavy atom. The van der Waals surface area contributed by atoms with E-state index in [4.69, 9.17) is 4.74 Å². The molecule has 0 fully saturated rings. The molecule has 0 bridgehead atoms. The van der Waals surface area contributed by atoms with Gasteiger partial charge in [-0.15, -0.1) is 0 Å². The Morgan fingerprint density at radius 2 is 1.62 bits per heavy atom. The Labute approximate surface area is 171 Å². The molecule has 0 N–H and O–H groups in total. The predicted octanol–water partition coefficient (Wildman–Crippen LogP) is 5.16. The number of hydrogen-bond acceptors (Lipinski definition) is 4. The first-order valence-corrected chi connectivity index (χ1v) is 9.61. The van der Waals surface area contributed by atoms with E-state index in [1.807, 2.05) is 60.7 Å². The van der Waals surface area contributed by atoms with E-state index in [0.717, 1.165) is 22.4 Å². The van der Waals surface area contributed by atoms with Crippen LogP contribution in [0.15, 0.2) is 73.1 Å². The second-order valence-corrected chi connectivity index (χ2v) is 6.67. The van der Waals surface area contributed by atoms with Crippen LogP contribution in [0.3, 0.4) is 0 Å². The summed E-state index contributed by atoms with van der Waals surface area (Å²) in [6.07, 6.45) is 4.28.